The summed E-state index contributed by atoms with van der Waals surface area (Å²) in [6.07, 6.45) is -3.34. The molecule has 0 radical (unpaired) electrons. The van der Waals surface area contributed by atoms with Crippen molar-refractivity contribution < 1.29 is 27.9 Å². The van der Waals surface area contributed by atoms with Crippen LogP contribution in [0, 0.1) is 5.92 Å². The summed E-state index contributed by atoms with van der Waals surface area (Å²) >= 11 is 3.53. The third kappa shape index (κ3) is 4.02. The minimum Gasteiger partial charge on any atom is -0.480 e. The highest BCUT2D eigenvalue weighted by atomic mass is 32.1. The number of carbonyl (C=O) groups excluding carboxylic acids is 1. The summed E-state index contributed by atoms with van der Waals surface area (Å²) in [6, 6.07) is 5.62. The van der Waals surface area contributed by atoms with E-state index in [4.69, 9.17) is 0 Å². The fourth-order valence-corrected chi connectivity index (χ4v) is 2.70. The maximum Gasteiger partial charge on any atom is 0.401 e. The fraction of sp³-hybridized carbons (Fsp3) is 0.333. The van der Waals surface area contributed by atoms with Gasteiger partial charge in [-0.15, -0.1) is 0 Å². The van der Waals surface area contributed by atoms with E-state index in [9.17, 15) is 27.9 Å². The summed E-state index contributed by atoms with van der Waals surface area (Å²) in [6.45, 7) is 0. The van der Waals surface area contributed by atoms with Gasteiger partial charge in [0.25, 0.3) is 0 Å². The van der Waals surface area contributed by atoms with Gasteiger partial charge >= 0.3 is 12.1 Å². The van der Waals surface area contributed by atoms with Crippen LogP contribution < -0.4 is 5.32 Å². The molecule has 130 valence electrons. The van der Waals surface area contributed by atoms with Crippen LogP contribution in [0.5, 0.6) is 0 Å². The number of aromatic amines is 1. The number of halogens is 3. The molecular weight excluding hydrogens is 345 g/mol. The van der Waals surface area contributed by atoms with Crippen LogP contribution in [0.3, 0.4) is 0 Å². The first-order valence-corrected chi connectivity index (χ1v) is 7.63. The Morgan fingerprint density at radius 3 is 2.54 bits per heavy atom. The number of carboxylic acids is 1. The molecule has 1 aromatic carbocycles. The van der Waals surface area contributed by atoms with Crippen LogP contribution in [0.15, 0.2) is 30.5 Å². The minimum atomic E-state index is -4.78. The fourth-order valence-electron chi connectivity index (χ4n) is 2.33. The summed E-state index contributed by atoms with van der Waals surface area (Å²) in [5.74, 6) is -5.92. The van der Waals surface area contributed by atoms with Crippen molar-refractivity contribution in [2.75, 3.05) is 5.75 Å². The van der Waals surface area contributed by atoms with Crippen molar-refractivity contribution in [2.45, 2.75) is 18.6 Å². The van der Waals surface area contributed by atoms with Crippen LogP contribution in [0.1, 0.15) is 5.56 Å². The number of hydrogen-bond acceptors (Lipinski definition) is 3. The van der Waals surface area contributed by atoms with Crippen molar-refractivity contribution in [3.05, 3.63) is 36.0 Å². The van der Waals surface area contributed by atoms with Gasteiger partial charge in [0.15, 0.2) is 0 Å². The number of alkyl halides is 3. The zero-order chi connectivity index (χ0) is 17.9. The number of hydrogen-bond donors (Lipinski definition) is 4. The van der Waals surface area contributed by atoms with Crippen molar-refractivity contribution in [3.63, 3.8) is 0 Å². The van der Waals surface area contributed by atoms with Crippen molar-refractivity contribution in [1.29, 1.82) is 0 Å². The van der Waals surface area contributed by atoms with E-state index >= 15 is 0 Å². The second-order valence-electron chi connectivity index (χ2n) is 5.24. The molecule has 9 heteroatoms. The van der Waals surface area contributed by atoms with Crippen LogP contribution in [0.4, 0.5) is 13.2 Å². The van der Waals surface area contributed by atoms with E-state index in [0.29, 0.717) is 5.56 Å². The van der Waals surface area contributed by atoms with Gasteiger partial charge in [0.05, 0.1) is 0 Å². The molecule has 0 aliphatic carbocycles. The lowest BCUT2D eigenvalue weighted by Gasteiger charge is -2.21. The third-order valence-electron chi connectivity index (χ3n) is 3.61. The molecule has 0 bridgehead atoms. The van der Waals surface area contributed by atoms with Crippen LogP contribution in [-0.4, -0.2) is 39.9 Å². The molecular formula is C15H15F3N2O3S. The normalized spacial score (nSPS) is 14.3. The quantitative estimate of drug-likeness (QED) is 0.597. The average Bonchev–Trinajstić information content (AvgIpc) is 2.89. The SMILES string of the molecule is O=C(N[C@@H](Cc1c[nH]c2ccccc12)C(=O)O)C(CS)C(F)(F)F. The van der Waals surface area contributed by atoms with Crippen LogP contribution >= 0.6 is 12.6 Å². The van der Waals surface area contributed by atoms with E-state index in [1.807, 2.05) is 5.32 Å². The highest BCUT2D eigenvalue weighted by Crippen LogP contribution is 2.27. The number of carboxylic acid groups (broad SMARTS) is 1. The van der Waals surface area contributed by atoms with E-state index in [-0.39, 0.29) is 6.42 Å². The van der Waals surface area contributed by atoms with Crippen LogP contribution in [-0.2, 0) is 16.0 Å². The number of aliphatic carboxylic acids is 1. The number of fused-ring (bicyclic) bond motifs is 1. The topological polar surface area (TPSA) is 82.2 Å². The summed E-state index contributed by atoms with van der Waals surface area (Å²) in [5.41, 5.74) is 1.36. The number of thiol groups is 1. The van der Waals surface area contributed by atoms with Gasteiger partial charge in [-0.3, -0.25) is 4.79 Å². The van der Waals surface area contributed by atoms with Gasteiger partial charge in [-0.25, -0.2) is 4.79 Å². The zero-order valence-corrected chi connectivity index (χ0v) is 13.2. The van der Waals surface area contributed by atoms with E-state index in [2.05, 4.69) is 17.6 Å². The summed E-state index contributed by atoms with van der Waals surface area (Å²) < 4.78 is 38.2. The second-order valence-corrected chi connectivity index (χ2v) is 5.60. The Balaban J connectivity index is 2.18. The van der Waals surface area contributed by atoms with E-state index in [1.54, 1.807) is 30.5 Å². The first-order valence-electron chi connectivity index (χ1n) is 6.99. The molecule has 2 atom stereocenters. The number of H-pyrrole nitrogens is 1. The molecule has 2 rings (SSSR count). The van der Waals surface area contributed by atoms with E-state index in [1.165, 1.54) is 0 Å². The Hall–Kier alpha value is -2.16. The van der Waals surface area contributed by atoms with Crippen molar-refractivity contribution in [3.8, 4) is 0 Å². The van der Waals surface area contributed by atoms with Gasteiger partial charge in [-0.2, -0.15) is 25.8 Å². The Morgan fingerprint density at radius 1 is 1.29 bits per heavy atom. The number of carbonyl (C=O) groups is 2. The Bertz CT molecular complexity index is 745. The summed E-state index contributed by atoms with van der Waals surface area (Å²) in [4.78, 5) is 26.1. The van der Waals surface area contributed by atoms with Gasteiger partial charge in [0, 0.05) is 29.3 Å². The lowest BCUT2D eigenvalue weighted by atomic mass is 10.0. The first-order chi connectivity index (χ1) is 11.2. The van der Waals surface area contributed by atoms with Gasteiger partial charge < -0.3 is 15.4 Å². The molecule has 1 aromatic heterocycles. The van der Waals surface area contributed by atoms with Gasteiger partial charge in [0.2, 0.25) is 5.91 Å². The monoisotopic (exact) mass is 360 g/mol. The van der Waals surface area contributed by atoms with Crippen molar-refractivity contribution >= 4 is 35.4 Å². The summed E-state index contributed by atoms with van der Waals surface area (Å²) in [5, 5.41) is 11.9. The number of nitrogens with one attached hydrogen (secondary N) is 2. The lowest BCUT2D eigenvalue weighted by molar-refractivity contribution is -0.178. The number of amides is 1. The lowest BCUT2D eigenvalue weighted by Crippen LogP contribution is -2.48. The molecule has 1 heterocycles. The molecule has 24 heavy (non-hydrogen) atoms. The Morgan fingerprint density at radius 2 is 1.96 bits per heavy atom. The first kappa shape index (κ1) is 18.2. The van der Waals surface area contributed by atoms with Crippen molar-refractivity contribution in [1.82, 2.24) is 10.3 Å². The second kappa shape index (κ2) is 7.16. The molecule has 0 spiro atoms. The number of rotatable bonds is 6. The third-order valence-corrected chi connectivity index (χ3v) is 3.97. The van der Waals surface area contributed by atoms with E-state index in [0.717, 1.165) is 10.9 Å². The molecule has 5 nitrogen and oxygen atoms in total. The molecule has 1 amide bonds. The highest BCUT2D eigenvalue weighted by Gasteiger charge is 2.44. The number of para-hydroxylation sites is 1. The minimum absolute atomic E-state index is 0.137. The molecule has 3 N–H and O–H groups in total. The standard InChI is InChI=1S/C15H15F3N2O3S/c16-15(17,18)10(7-24)13(21)20-12(14(22)23)5-8-6-19-11-4-2-1-3-9(8)11/h1-4,6,10,12,19,24H,5,7H2,(H,20,21)(H,22,23)/t10?,12-/m0/s1. The maximum absolute atomic E-state index is 12.7. The predicted molar refractivity (Wildman–Crippen MR) is 85.0 cm³/mol. The molecule has 1 unspecified atom stereocenters. The van der Waals surface area contributed by atoms with Gasteiger partial charge in [0.1, 0.15) is 12.0 Å². The van der Waals surface area contributed by atoms with Crippen LogP contribution in [0.2, 0.25) is 0 Å². The Kier molecular flexibility index (Phi) is 5.43. The molecule has 0 saturated heterocycles. The molecule has 2 aromatic rings. The van der Waals surface area contributed by atoms with E-state index < -0.39 is 35.8 Å². The molecule has 0 aliphatic heterocycles. The molecule has 0 fully saturated rings. The predicted octanol–water partition coefficient (Wildman–Crippen LogP) is 2.39. The molecule has 0 saturated carbocycles. The number of benzene rings is 1. The van der Waals surface area contributed by atoms with Crippen molar-refractivity contribution in [2.24, 2.45) is 5.92 Å². The smallest absolute Gasteiger partial charge is 0.401 e. The average molecular weight is 360 g/mol. The highest BCUT2D eigenvalue weighted by molar-refractivity contribution is 7.80. The van der Waals surface area contributed by atoms with Crippen LogP contribution in [0.25, 0.3) is 10.9 Å². The van der Waals surface area contributed by atoms with Gasteiger partial charge in [-0.05, 0) is 11.6 Å². The number of aromatic nitrogens is 1. The molecule has 0 aliphatic rings. The largest absolute Gasteiger partial charge is 0.480 e. The summed E-state index contributed by atoms with van der Waals surface area (Å²) in [7, 11) is 0. The maximum atomic E-state index is 12.7. The van der Waals surface area contributed by atoms with Gasteiger partial charge in [-0.1, -0.05) is 18.2 Å². The Labute approximate surface area is 140 Å². The zero-order valence-electron chi connectivity index (χ0n) is 12.3.